The van der Waals surface area contributed by atoms with Crippen molar-refractivity contribution in [3.8, 4) is 0 Å². The predicted molar refractivity (Wildman–Crippen MR) is 138 cm³/mol. The molecule has 0 saturated carbocycles. The van der Waals surface area contributed by atoms with Crippen LogP contribution in [0.2, 0.25) is 0 Å². The summed E-state index contributed by atoms with van der Waals surface area (Å²) in [6, 6.07) is -1.04. The van der Waals surface area contributed by atoms with Crippen LogP contribution >= 0.6 is 11.8 Å². The van der Waals surface area contributed by atoms with Crippen molar-refractivity contribution in [3.63, 3.8) is 0 Å². The minimum Gasteiger partial charge on any atom is -0.463 e. The first-order chi connectivity index (χ1) is 15.2. The van der Waals surface area contributed by atoms with E-state index in [9.17, 15) is 14.4 Å². The summed E-state index contributed by atoms with van der Waals surface area (Å²) in [7, 11) is 3.50. The first-order valence-corrected chi connectivity index (χ1v) is 13.2. The topological polar surface area (TPSA) is 87.7 Å². The van der Waals surface area contributed by atoms with Gasteiger partial charge in [0.25, 0.3) is 0 Å². The number of rotatable bonds is 13. The maximum absolute atomic E-state index is 13.7. The van der Waals surface area contributed by atoms with Crippen molar-refractivity contribution in [2.24, 2.45) is 11.3 Å². The van der Waals surface area contributed by atoms with Crippen molar-refractivity contribution in [1.29, 1.82) is 0 Å². The van der Waals surface area contributed by atoms with Crippen LogP contribution in [0.15, 0.2) is 11.6 Å². The minimum atomic E-state index is -0.768. The van der Waals surface area contributed by atoms with Crippen molar-refractivity contribution in [3.05, 3.63) is 11.6 Å². The summed E-state index contributed by atoms with van der Waals surface area (Å²) in [4.78, 5) is 40.7. The predicted octanol–water partition coefficient (Wildman–Crippen LogP) is 3.63. The molecule has 0 spiro atoms. The third-order valence-electron chi connectivity index (χ3n) is 5.96. The van der Waals surface area contributed by atoms with Crippen LogP contribution in [0.5, 0.6) is 0 Å². The van der Waals surface area contributed by atoms with Crippen LogP contribution in [0.25, 0.3) is 0 Å². The third kappa shape index (κ3) is 9.69. The van der Waals surface area contributed by atoms with Gasteiger partial charge in [0.1, 0.15) is 6.04 Å². The van der Waals surface area contributed by atoms with Gasteiger partial charge in [-0.3, -0.25) is 9.59 Å². The number of hydrogen-bond donors (Lipinski definition) is 2. The number of carbonyl (C=O) groups excluding carboxylic acids is 3. The fourth-order valence-corrected chi connectivity index (χ4v) is 3.97. The lowest BCUT2D eigenvalue weighted by Crippen LogP contribution is -2.62. The number of hydrogen-bond acceptors (Lipinski definition) is 6. The second-order valence-corrected chi connectivity index (χ2v) is 11.2. The Morgan fingerprint density at radius 1 is 1.15 bits per heavy atom. The van der Waals surface area contributed by atoms with Gasteiger partial charge in [-0.1, -0.05) is 40.7 Å². The fourth-order valence-electron chi connectivity index (χ4n) is 3.53. The highest BCUT2D eigenvalue weighted by atomic mass is 32.2. The zero-order valence-corrected chi connectivity index (χ0v) is 23.4. The van der Waals surface area contributed by atoms with Gasteiger partial charge in [0.2, 0.25) is 11.8 Å². The van der Waals surface area contributed by atoms with Gasteiger partial charge in [0.05, 0.1) is 18.2 Å². The molecule has 0 aliphatic rings. The minimum absolute atomic E-state index is 0.0637. The number of nitrogens with zero attached hydrogens (tertiary/aromatic N) is 1. The van der Waals surface area contributed by atoms with E-state index in [0.717, 1.165) is 12.2 Å². The Labute approximate surface area is 205 Å². The maximum atomic E-state index is 13.7. The number of carbonyl (C=O) groups is 3. The molecule has 2 N–H and O–H groups in total. The quantitative estimate of drug-likeness (QED) is 0.235. The van der Waals surface area contributed by atoms with E-state index < -0.39 is 17.0 Å². The van der Waals surface area contributed by atoms with Gasteiger partial charge in [0.15, 0.2) is 0 Å². The van der Waals surface area contributed by atoms with Gasteiger partial charge in [-0.05, 0) is 64.0 Å². The average molecular weight is 486 g/mol. The van der Waals surface area contributed by atoms with Crippen LogP contribution in [0.1, 0.15) is 68.2 Å². The molecule has 2 amide bonds. The standard InChI is InChI=1S/C25H47N3O4S/c1-12-32-22(30)18(4)16-19(17(2)3)28(10)21(29)20(24(5,6)7)27-23(31)25(8,26-9)14-13-15-33-11/h16-17,19-20,26H,12-15H2,1-11H3,(H,27,31)/b18-16+/t19-,20-,25?/m1/s1. The molecule has 0 rings (SSSR count). The van der Waals surface area contributed by atoms with E-state index in [1.165, 1.54) is 0 Å². The van der Waals surface area contributed by atoms with Gasteiger partial charge >= 0.3 is 5.97 Å². The molecular weight excluding hydrogens is 438 g/mol. The van der Waals surface area contributed by atoms with Gasteiger partial charge < -0.3 is 20.3 Å². The molecule has 7 nitrogen and oxygen atoms in total. The van der Waals surface area contributed by atoms with Crippen LogP contribution < -0.4 is 10.6 Å². The number of thioether (sulfide) groups is 1. The van der Waals surface area contributed by atoms with Crippen LogP contribution in [-0.4, -0.2) is 73.0 Å². The van der Waals surface area contributed by atoms with Crippen molar-refractivity contribution < 1.29 is 19.1 Å². The van der Waals surface area contributed by atoms with Gasteiger partial charge in [0, 0.05) is 12.6 Å². The molecule has 0 aliphatic carbocycles. The fraction of sp³-hybridized carbons (Fsp3) is 0.800. The van der Waals surface area contributed by atoms with Crippen LogP contribution in [0, 0.1) is 11.3 Å². The summed E-state index contributed by atoms with van der Waals surface area (Å²) in [6.07, 6.45) is 5.40. The monoisotopic (exact) mass is 485 g/mol. The Morgan fingerprint density at radius 3 is 2.15 bits per heavy atom. The molecule has 0 aromatic rings. The van der Waals surface area contributed by atoms with Crippen molar-refractivity contribution >= 4 is 29.5 Å². The molecule has 0 heterocycles. The highest BCUT2D eigenvalue weighted by Gasteiger charge is 2.40. The molecule has 0 bridgehead atoms. The lowest BCUT2D eigenvalue weighted by molar-refractivity contribution is -0.142. The zero-order chi connectivity index (χ0) is 26.0. The average Bonchev–Trinajstić information content (AvgIpc) is 2.73. The van der Waals surface area contributed by atoms with E-state index in [0.29, 0.717) is 18.6 Å². The first-order valence-electron chi connectivity index (χ1n) is 11.8. The van der Waals surface area contributed by atoms with E-state index in [1.54, 1.807) is 50.7 Å². The van der Waals surface area contributed by atoms with Gasteiger partial charge in [-0.2, -0.15) is 11.8 Å². The molecule has 0 saturated heterocycles. The molecule has 0 aliphatic heterocycles. The smallest absolute Gasteiger partial charge is 0.333 e. The molecular formula is C25H47N3O4S. The lowest BCUT2D eigenvalue weighted by Gasteiger charge is -2.39. The summed E-state index contributed by atoms with van der Waals surface area (Å²) < 4.78 is 5.09. The summed E-state index contributed by atoms with van der Waals surface area (Å²) >= 11 is 1.75. The molecule has 8 heteroatoms. The number of nitrogens with one attached hydrogen (secondary N) is 2. The number of ether oxygens (including phenoxy) is 1. The van der Waals surface area contributed by atoms with Crippen LogP contribution in [0.3, 0.4) is 0 Å². The van der Waals surface area contributed by atoms with Gasteiger partial charge in [-0.15, -0.1) is 0 Å². The molecule has 3 atom stereocenters. The summed E-state index contributed by atoms with van der Waals surface area (Å²) in [5.74, 6) is 0.266. The third-order valence-corrected chi connectivity index (χ3v) is 6.66. The van der Waals surface area contributed by atoms with E-state index in [1.807, 2.05) is 47.8 Å². The molecule has 0 aromatic heterocycles. The molecule has 0 aromatic carbocycles. The Morgan fingerprint density at radius 2 is 1.73 bits per heavy atom. The number of likely N-dealkylation sites (N-methyl/N-ethyl adjacent to an activating group) is 2. The normalized spacial score (nSPS) is 16.1. The van der Waals surface area contributed by atoms with E-state index in [-0.39, 0.29) is 29.7 Å². The molecule has 192 valence electrons. The van der Waals surface area contributed by atoms with Crippen LogP contribution in [-0.2, 0) is 19.1 Å². The van der Waals surface area contributed by atoms with Crippen molar-refractivity contribution in [1.82, 2.24) is 15.5 Å². The van der Waals surface area contributed by atoms with Crippen molar-refractivity contribution in [2.75, 3.05) is 32.7 Å². The first kappa shape index (κ1) is 31.5. The van der Waals surface area contributed by atoms with E-state index in [4.69, 9.17) is 4.74 Å². The molecule has 0 radical (unpaired) electrons. The van der Waals surface area contributed by atoms with Crippen LogP contribution in [0.4, 0.5) is 0 Å². The SMILES string of the molecule is CCOC(=O)/C(C)=C/[C@H](C(C)C)N(C)C(=O)[C@@H](NC(=O)C(C)(CCCSC)NC)C(C)(C)C. The van der Waals surface area contributed by atoms with Gasteiger partial charge in [-0.25, -0.2) is 4.79 Å². The Hall–Kier alpha value is -1.54. The highest BCUT2D eigenvalue weighted by Crippen LogP contribution is 2.25. The number of amides is 2. The van der Waals surface area contributed by atoms with E-state index in [2.05, 4.69) is 10.6 Å². The molecule has 0 fully saturated rings. The summed E-state index contributed by atoms with van der Waals surface area (Å²) in [5.41, 5.74) is -0.810. The second kappa shape index (κ2) is 14.0. The Balaban J connectivity index is 5.87. The summed E-state index contributed by atoms with van der Waals surface area (Å²) in [5, 5.41) is 6.18. The zero-order valence-electron chi connectivity index (χ0n) is 22.6. The maximum Gasteiger partial charge on any atom is 0.333 e. The number of esters is 1. The lowest BCUT2D eigenvalue weighted by atomic mass is 9.84. The Kier molecular flexibility index (Phi) is 13.3. The second-order valence-electron chi connectivity index (χ2n) is 10.2. The highest BCUT2D eigenvalue weighted by molar-refractivity contribution is 7.98. The molecule has 1 unspecified atom stereocenters. The van der Waals surface area contributed by atoms with E-state index >= 15 is 0 Å². The van der Waals surface area contributed by atoms with Crippen molar-refractivity contribution in [2.45, 2.75) is 85.9 Å². The largest absolute Gasteiger partial charge is 0.463 e. The molecule has 33 heavy (non-hydrogen) atoms. The summed E-state index contributed by atoms with van der Waals surface area (Å²) in [6.45, 7) is 15.5. The Bertz CT molecular complexity index is 688.